The van der Waals surface area contributed by atoms with Crippen LogP contribution in [0.15, 0.2) is 16.6 Å². The highest BCUT2D eigenvalue weighted by atomic mass is 32.1. The van der Waals surface area contributed by atoms with Gasteiger partial charge in [-0.15, -0.1) is 11.3 Å². The van der Waals surface area contributed by atoms with Crippen molar-refractivity contribution in [1.82, 2.24) is 24.5 Å². The number of hydrogen-bond donors (Lipinski definition) is 7. The number of fused-ring (bicyclic) bond motifs is 1. The van der Waals surface area contributed by atoms with Gasteiger partial charge >= 0.3 is 29.4 Å². The third-order valence-corrected chi connectivity index (χ3v) is 9.69. The van der Waals surface area contributed by atoms with E-state index in [1.807, 2.05) is 0 Å². The van der Waals surface area contributed by atoms with E-state index in [2.05, 4.69) is 33.1 Å². The second-order valence-corrected chi connectivity index (χ2v) is 13.1. The number of hydrogen-bond acceptors (Lipinski definition) is 16. The average molecular weight is 647 g/mol. The van der Waals surface area contributed by atoms with Gasteiger partial charge in [-0.2, -0.15) is 13.6 Å². The molecular weight excluding hydrogens is 627 g/mol. The van der Waals surface area contributed by atoms with Crippen molar-refractivity contribution in [3.63, 3.8) is 0 Å². The molecular formula is C15H20N7O14P3S. The number of ether oxygens (including phenoxy) is 2. The fourth-order valence-electron chi connectivity index (χ4n) is 3.54. The molecule has 25 heteroatoms. The van der Waals surface area contributed by atoms with Gasteiger partial charge in [-0.05, 0) is 0 Å². The van der Waals surface area contributed by atoms with Crippen LogP contribution in [0.25, 0.3) is 11.2 Å². The van der Waals surface area contributed by atoms with Crippen LogP contribution in [0.4, 0.5) is 5.95 Å². The lowest BCUT2D eigenvalue weighted by Gasteiger charge is -2.21. The van der Waals surface area contributed by atoms with Crippen molar-refractivity contribution in [2.45, 2.75) is 31.4 Å². The highest BCUT2D eigenvalue weighted by molar-refractivity contribution is 7.66. The van der Waals surface area contributed by atoms with Crippen LogP contribution in [0.5, 0.6) is 0 Å². The molecule has 0 amide bonds. The Balaban J connectivity index is 1.56. The Morgan fingerprint density at radius 3 is 2.60 bits per heavy atom. The van der Waals surface area contributed by atoms with Crippen molar-refractivity contribution >= 4 is 57.9 Å². The standard InChI is InChI=1S/C15H20N7O14P3S/c16-2-6-11(40-5-19-6)14(24)34-7-1-9(22-4-18-10-12(22)20-15(17)21-13(10)23)33-8(7)3-32-38(28,29)36-39(30,31)35-37(25,26)27/h4-5,7-9H,1-3,16H2,(H,28,29)(H,30,31)(H2,25,26,27)(H3,17,20,21,23)/t7-,8?,9-/m1/s1. The molecule has 1 aliphatic heterocycles. The van der Waals surface area contributed by atoms with E-state index >= 15 is 0 Å². The van der Waals surface area contributed by atoms with Crippen molar-refractivity contribution in [1.29, 1.82) is 0 Å². The highest BCUT2D eigenvalue weighted by Gasteiger charge is 2.44. The number of thiazole rings is 1. The number of carbonyl (C=O) groups excluding carboxylic acids is 1. The molecule has 1 saturated heterocycles. The number of esters is 1. The summed E-state index contributed by atoms with van der Waals surface area (Å²) >= 11 is 0.943. The molecule has 40 heavy (non-hydrogen) atoms. The van der Waals surface area contributed by atoms with Crippen LogP contribution < -0.4 is 17.0 Å². The van der Waals surface area contributed by atoms with Crippen LogP contribution in [-0.4, -0.2) is 68.9 Å². The van der Waals surface area contributed by atoms with E-state index < -0.39 is 60.0 Å². The monoisotopic (exact) mass is 647 g/mol. The topological polar surface area (TPSA) is 324 Å². The Kier molecular flexibility index (Phi) is 8.75. The molecule has 0 aliphatic carbocycles. The molecule has 21 nitrogen and oxygen atoms in total. The zero-order valence-corrected chi connectivity index (χ0v) is 23.1. The maximum Gasteiger partial charge on any atom is 0.490 e. The first-order valence-electron chi connectivity index (χ1n) is 10.6. The predicted octanol–water partition coefficient (Wildman–Crippen LogP) is -0.527. The number of phosphoric acid groups is 3. The van der Waals surface area contributed by atoms with Crippen molar-refractivity contribution in [2.24, 2.45) is 5.73 Å². The number of aromatic nitrogens is 5. The molecule has 4 heterocycles. The Morgan fingerprint density at radius 2 is 1.93 bits per heavy atom. The quantitative estimate of drug-likeness (QED) is 0.102. The Hall–Kier alpha value is -2.42. The second-order valence-electron chi connectivity index (χ2n) is 7.80. The van der Waals surface area contributed by atoms with Crippen LogP contribution in [0, 0.1) is 0 Å². The Labute approximate surface area is 225 Å². The summed E-state index contributed by atoms with van der Waals surface area (Å²) in [5.74, 6) is -1.10. The van der Waals surface area contributed by atoms with E-state index in [0.29, 0.717) is 0 Å². The van der Waals surface area contributed by atoms with Crippen molar-refractivity contribution in [3.8, 4) is 0 Å². The number of imidazole rings is 1. The molecule has 1 fully saturated rings. The first-order chi connectivity index (χ1) is 18.6. The number of carbonyl (C=O) groups is 1. The summed E-state index contributed by atoms with van der Waals surface area (Å²) in [7, 11) is -16.9. The van der Waals surface area contributed by atoms with Gasteiger partial charge in [0.2, 0.25) is 5.95 Å². The maximum atomic E-state index is 12.8. The molecule has 4 rings (SSSR count). The molecule has 0 aromatic carbocycles. The number of aromatic amines is 1. The van der Waals surface area contributed by atoms with Crippen molar-refractivity contribution in [3.05, 3.63) is 32.8 Å². The van der Waals surface area contributed by atoms with Gasteiger partial charge in [-0.3, -0.25) is 18.9 Å². The lowest BCUT2D eigenvalue weighted by Crippen LogP contribution is -2.31. The van der Waals surface area contributed by atoms with E-state index in [1.165, 1.54) is 16.4 Å². The third-order valence-electron chi connectivity index (χ3n) is 5.04. The van der Waals surface area contributed by atoms with Gasteiger partial charge < -0.3 is 40.5 Å². The number of nitrogens with one attached hydrogen (secondary N) is 1. The van der Waals surface area contributed by atoms with Crippen LogP contribution in [0.1, 0.15) is 28.0 Å². The van der Waals surface area contributed by atoms with Gasteiger partial charge in [0, 0.05) is 13.0 Å². The number of nitrogens with zero attached hydrogens (tertiary/aromatic N) is 4. The fourth-order valence-corrected chi connectivity index (χ4v) is 7.27. The van der Waals surface area contributed by atoms with Gasteiger partial charge in [0.15, 0.2) is 11.2 Å². The molecule has 9 N–H and O–H groups in total. The lowest BCUT2D eigenvalue weighted by atomic mass is 10.2. The molecule has 3 aromatic heterocycles. The molecule has 0 spiro atoms. The Morgan fingerprint density at radius 1 is 1.20 bits per heavy atom. The van der Waals surface area contributed by atoms with Gasteiger partial charge in [-0.25, -0.2) is 28.5 Å². The van der Waals surface area contributed by atoms with Gasteiger partial charge in [0.1, 0.15) is 23.3 Å². The summed E-state index contributed by atoms with van der Waals surface area (Å²) in [6, 6.07) is 0. The minimum absolute atomic E-state index is 0.00210. The van der Waals surface area contributed by atoms with Crippen molar-refractivity contribution in [2.75, 3.05) is 12.3 Å². The predicted molar refractivity (Wildman–Crippen MR) is 130 cm³/mol. The summed E-state index contributed by atoms with van der Waals surface area (Å²) in [4.78, 5) is 75.7. The van der Waals surface area contributed by atoms with Crippen LogP contribution in [-0.2, 0) is 42.9 Å². The minimum Gasteiger partial charge on any atom is -0.455 e. The molecule has 220 valence electrons. The number of phosphoric ester groups is 1. The van der Waals surface area contributed by atoms with Crippen LogP contribution in [0.2, 0.25) is 0 Å². The normalized spacial score (nSPS) is 22.7. The van der Waals surface area contributed by atoms with Crippen molar-refractivity contribution < 1.29 is 60.7 Å². The molecule has 3 unspecified atom stereocenters. The maximum absolute atomic E-state index is 12.8. The third kappa shape index (κ3) is 7.25. The first-order valence-corrected chi connectivity index (χ1v) is 16.0. The largest absolute Gasteiger partial charge is 0.490 e. The number of H-pyrrole nitrogens is 1. The molecule has 0 bridgehead atoms. The average Bonchev–Trinajstić information content (AvgIpc) is 3.53. The molecule has 0 saturated carbocycles. The van der Waals surface area contributed by atoms with E-state index in [4.69, 9.17) is 30.7 Å². The zero-order valence-electron chi connectivity index (χ0n) is 19.6. The molecule has 5 atom stereocenters. The fraction of sp³-hybridized carbons (Fsp3) is 0.400. The highest BCUT2D eigenvalue weighted by Crippen LogP contribution is 2.66. The minimum atomic E-state index is -5.78. The number of nitrogens with two attached hydrogens (primary N) is 2. The van der Waals surface area contributed by atoms with E-state index in [9.17, 15) is 33.1 Å². The lowest BCUT2D eigenvalue weighted by molar-refractivity contribution is -0.0489. The number of nitrogen functional groups attached to an aromatic ring is 1. The summed E-state index contributed by atoms with van der Waals surface area (Å²) in [6.45, 7) is -0.997. The summed E-state index contributed by atoms with van der Waals surface area (Å²) in [5, 5.41) is 0. The van der Waals surface area contributed by atoms with Gasteiger partial charge in [0.25, 0.3) is 5.56 Å². The molecule has 0 radical (unpaired) electrons. The number of rotatable bonds is 11. The SMILES string of the molecule is NCc1ncsc1C(=O)O[C@@H]1C[C@H](n2cnc3c(=O)[nH]c(N)nc32)OC1COP(=O)(O)OP(=O)(O)OP(=O)(O)O. The first kappa shape index (κ1) is 30.5. The zero-order chi connectivity index (χ0) is 29.5. The molecule has 3 aromatic rings. The smallest absolute Gasteiger partial charge is 0.455 e. The van der Waals surface area contributed by atoms with E-state index in [-0.39, 0.29) is 40.6 Å². The summed E-state index contributed by atoms with van der Waals surface area (Å²) in [5.41, 5.74) is 12.1. The van der Waals surface area contributed by atoms with E-state index in [0.717, 1.165) is 11.3 Å². The second kappa shape index (κ2) is 11.5. The molecule has 1 aliphatic rings. The summed E-state index contributed by atoms with van der Waals surface area (Å²) < 4.78 is 59.3. The van der Waals surface area contributed by atoms with Gasteiger partial charge in [0.05, 0.1) is 24.1 Å². The van der Waals surface area contributed by atoms with Crippen LogP contribution in [0.3, 0.4) is 0 Å². The summed E-state index contributed by atoms with van der Waals surface area (Å²) in [6.07, 6.45) is -2.58. The van der Waals surface area contributed by atoms with Gasteiger partial charge in [-0.1, -0.05) is 0 Å². The van der Waals surface area contributed by atoms with Crippen LogP contribution >= 0.6 is 34.8 Å². The number of anilines is 1. The Bertz CT molecular complexity index is 1620. The van der Waals surface area contributed by atoms with E-state index in [1.54, 1.807) is 0 Å².